The Morgan fingerprint density at radius 1 is 1.47 bits per heavy atom. The summed E-state index contributed by atoms with van der Waals surface area (Å²) in [6.45, 7) is 7.41. The van der Waals surface area contributed by atoms with Crippen LogP contribution in [0.5, 0.6) is 0 Å². The Balaban J connectivity index is 2.44. The maximum atomic E-state index is 11.8. The number of amides is 2. The second-order valence-corrected chi connectivity index (χ2v) is 5.36. The molecule has 1 saturated heterocycles. The quantitative estimate of drug-likeness (QED) is 0.742. The van der Waals surface area contributed by atoms with Crippen molar-refractivity contribution in [3.63, 3.8) is 0 Å². The van der Waals surface area contributed by atoms with Gasteiger partial charge in [0.2, 0.25) is 0 Å². The highest BCUT2D eigenvalue weighted by Crippen LogP contribution is 2.11. The molecule has 1 aliphatic rings. The molecule has 1 rings (SSSR count). The molecule has 0 aromatic rings. The number of hydrogen-bond donors (Lipinski definition) is 2. The third kappa shape index (κ3) is 4.60. The molecule has 0 aliphatic carbocycles. The first-order valence-corrected chi connectivity index (χ1v) is 5.67. The molecule has 0 aromatic carbocycles. The van der Waals surface area contributed by atoms with Crippen LogP contribution in [0.4, 0.5) is 4.79 Å². The summed E-state index contributed by atoms with van der Waals surface area (Å²) in [4.78, 5) is 24.0. The predicted octanol–water partition coefficient (Wildman–Crippen LogP) is 0.527. The number of urea groups is 1. The van der Waals surface area contributed by atoms with Crippen molar-refractivity contribution >= 4 is 12.0 Å². The van der Waals surface area contributed by atoms with Crippen molar-refractivity contribution in [3.8, 4) is 0 Å². The second-order valence-electron chi connectivity index (χ2n) is 5.36. The van der Waals surface area contributed by atoms with Crippen molar-refractivity contribution in [2.45, 2.75) is 26.9 Å². The van der Waals surface area contributed by atoms with Gasteiger partial charge in [-0.15, -0.1) is 0 Å². The average molecular weight is 244 g/mol. The Morgan fingerprint density at radius 3 is 2.65 bits per heavy atom. The number of morpholine rings is 1. The van der Waals surface area contributed by atoms with Gasteiger partial charge in [0.25, 0.3) is 0 Å². The van der Waals surface area contributed by atoms with E-state index in [4.69, 9.17) is 9.84 Å². The monoisotopic (exact) mass is 244 g/mol. The fourth-order valence-corrected chi connectivity index (χ4v) is 1.44. The fraction of sp³-hybridized carbons (Fsp3) is 0.818. The lowest BCUT2D eigenvalue weighted by molar-refractivity contribution is -0.154. The third-order valence-corrected chi connectivity index (χ3v) is 2.40. The van der Waals surface area contributed by atoms with Gasteiger partial charge in [0.1, 0.15) is 0 Å². The van der Waals surface area contributed by atoms with E-state index in [2.05, 4.69) is 5.32 Å². The Morgan fingerprint density at radius 2 is 2.12 bits per heavy atom. The molecule has 98 valence electrons. The van der Waals surface area contributed by atoms with E-state index < -0.39 is 12.1 Å². The molecular formula is C11H20N2O4. The Hall–Kier alpha value is -1.30. The SMILES string of the molecule is CC(C)(C)CNC(=O)N1CCOC(C(=O)O)C1. The number of hydrogen-bond acceptors (Lipinski definition) is 3. The summed E-state index contributed by atoms with van der Waals surface area (Å²) in [5, 5.41) is 11.6. The first-order chi connectivity index (χ1) is 7.79. The molecule has 6 heteroatoms. The number of carbonyl (C=O) groups is 2. The molecule has 2 amide bonds. The Labute approximate surface area is 101 Å². The molecule has 1 aliphatic heterocycles. The van der Waals surface area contributed by atoms with Crippen molar-refractivity contribution in [2.24, 2.45) is 5.41 Å². The van der Waals surface area contributed by atoms with Crippen molar-refractivity contribution < 1.29 is 19.4 Å². The number of rotatable bonds is 2. The predicted molar refractivity (Wildman–Crippen MR) is 61.8 cm³/mol. The number of nitrogens with one attached hydrogen (secondary N) is 1. The van der Waals surface area contributed by atoms with Gasteiger partial charge in [-0.3, -0.25) is 0 Å². The normalized spacial score (nSPS) is 21.1. The summed E-state index contributed by atoms with van der Waals surface area (Å²) in [5.41, 5.74) is 0.00808. The van der Waals surface area contributed by atoms with Gasteiger partial charge < -0.3 is 20.1 Å². The minimum atomic E-state index is -1.03. The van der Waals surface area contributed by atoms with E-state index in [0.717, 1.165) is 0 Å². The molecule has 1 unspecified atom stereocenters. The van der Waals surface area contributed by atoms with Crippen LogP contribution in [0, 0.1) is 5.41 Å². The van der Waals surface area contributed by atoms with E-state index in [9.17, 15) is 9.59 Å². The summed E-state index contributed by atoms with van der Waals surface area (Å²) in [6.07, 6.45) is -0.913. The maximum Gasteiger partial charge on any atom is 0.334 e. The molecule has 0 saturated carbocycles. The zero-order valence-electron chi connectivity index (χ0n) is 10.5. The van der Waals surface area contributed by atoms with Crippen LogP contribution in [-0.2, 0) is 9.53 Å². The molecule has 0 radical (unpaired) electrons. The van der Waals surface area contributed by atoms with Crippen LogP contribution >= 0.6 is 0 Å². The first kappa shape index (κ1) is 13.8. The van der Waals surface area contributed by atoms with Gasteiger partial charge in [-0.05, 0) is 5.41 Å². The van der Waals surface area contributed by atoms with E-state index in [0.29, 0.717) is 13.1 Å². The second kappa shape index (κ2) is 5.35. The lowest BCUT2D eigenvalue weighted by Crippen LogP contribution is -2.52. The molecular weight excluding hydrogens is 224 g/mol. The van der Waals surface area contributed by atoms with Crippen molar-refractivity contribution in [1.82, 2.24) is 10.2 Å². The van der Waals surface area contributed by atoms with Crippen molar-refractivity contribution in [2.75, 3.05) is 26.2 Å². The lowest BCUT2D eigenvalue weighted by atomic mass is 9.97. The summed E-state index contributed by atoms with van der Waals surface area (Å²) < 4.78 is 5.04. The van der Waals surface area contributed by atoms with Crippen LogP contribution in [0.1, 0.15) is 20.8 Å². The van der Waals surface area contributed by atoms with Crippen molar-refractivity contribution in [3.05, 3.63) is 0 Å². The number of carboxylic acid groups (broad SMARTS) is 1. The van der Waals surface area contributed by atoms with E-state index in [-0.39, 0.29) is 24.6 Å². The maximum absolute atomic E-state index is 11.8. The summed E-state index contributed by atoms with van der Waals surface area (Å²) in [5.74, 6) is -1.03. The van der Waals surface area contributed by atoms with Gasteiger partial charge >= 0.3 is 12.0 Å². The molecule has 0 bridgehead atoms. The first-order valence-electron chi connectivity index (χ1n) is 5.67. The number of aliphatic carboxylic acids is 1. The molecule has 1 heterocycles. The zero-order valence-corrected chi connectivity index (χ0v) is 10.5. The van der Waals surface area contributed by atoms with E-state index >= 15 is 0 Å². The van der Waals surface area contributed by atoms with E-state index in [1.54, 1.807) is 0 Å². The van der Waals surface area contributed by atoms with Gasteiger partial charge in [0.15, 0.2) is 6.10 Å². The van der Waals surface area contributed by atoms with Gasteiger partial charge in [-0.25, -0.2) is 9.59 Å². The Kier molecular flexibility index (Phi) is 4.34. The highest BCUT2D eigenvalue weighted by Gasteiger charge is 2.29. The molecule has 6 nitrogen and oxygen atoms in total. The molecule has 17 heavy (non-hydrogen) atoms. The van der Waals surface area contributed by atoms with E-state index in [1.807, 2.05) is 20.8 Å². The highest BCUT2D eigenvalue weighted by atomic mass is 16.5. The molecule has 1 fully saturated rings. The van der Waals surface area contributed by atoms with Crippen LogP contribution in [0.25, 0.3) is 0 Å². The largest absolute Gasteiger partial charge is 0.479 e. The summed E-state index contributed by atoms with van der Waals surface area (Å²) in [7, 11) is 0. The fourth-order valence-electron chi connectivity index (χ4n) is 1.44. The zero-order chi connectivity index (χ0) is 13.1. The smallest absolute Gasteiger partial charge is 0.334 e. The topological polar surface area (TPSA) is 78.9 Å². The Bertz CT molecular complexity index is 298. The van der Waals surface area contributed by atoms with Gasteiger partial charge in [0, 0.05) is 13.1 Å². The van der Waals surface area contributed by atoms with E-state index in [1.165, 1.54) is 4.90 Å². The average Bonchev–Trinajstić information content (AvgIpc) is 2.25. The number of nitrogens with zero attached hydrogens (tertiary/aromatic N) is 1. The van der Waals surface area contributed by atoms with Crippen LogP contribution in [-0.4, -0.2) is 54.4 Å². The molecule has 0 spiro atoms. The minimum Gasteiger partial charge on any atom is -0.479 e. The highest BCUT2D eigenvalue weighted by molar-refractivity contribution is 5.77. The molecule has 2 N–H and O–H groups in total. The summed E-state index contributed by atoms with van der Waals surface area (Å²) in [6, 6.07) is -0.227. The molecule has 0 aromatic heterocycles. The van der Waals surface area contributed by atoms with Gasteiger partial charge in [0.05, 0.1) is 13.2 Å². The standard InChI is InChI=1S/C11H20N2O4/c1-11(2,3)7-12-10(16)13-4-5-17-8(6-13)9(14)15/h8H,4-7H2,1-3H3,(H,12,16)(H,14,15). The van der Waals surface area contributed by atoms with Gasteiger partial charge in [-0.1, -0.05) is 20.8 Å². The van der Waals surface area contributed by atoms with Crippen LogP contribution in [0.15, 0.2) is 0 Å². The summed E-state index contributed by atoms with van der Waals surface area (Å²) >= 11 is 0. The van der Waals surface area contributed by atoms with Gasteiger partial charge in [-0.2, -0.15) is 0 Å². The molecule has 1 atom stereocenters. The van der Waals surface area contributed by atoms with Crippen LogP contribution in [0.3, 0.4) is 0 Å². The number of ether oxygens (including phenoxy) is 1. The minimum absolute atomic E-state index is 0.00808. The number of carboxylic acids is 1. The number of carbonyl (C=O) groups excluding carboxylic acids is 1. The van der Waals surface area contributed by atoms with Crippen LogP contribution in [0.2, 0.25) is 0 Å². The van der Waals surface area contributed by atoms with Crippen molar-refractivity contribution in [1.29, 1.82) is 0 Å². The lowest BCUT2D eigenvalue weighted by Gasteiger charge is -2.31. The van der Waals surface area contributed by atoms with Crippen LogP contribution < -0.4 is 5.32 Å². The third-order valence-electron chi connectivity index (χ3n) is 2.40.